The standard InChI is InChI=1S/C26H24Cl2FN7O2/c1-35-10-7-26(38,8-11-35)15-6-5-14(13-18(15)29)31-24-32-21(19-16(27)3-2-4-17(19)28)20-22(33-24)36-12-9-30-25(36)34-23(20)37/h2-6,13,38H,7-12H2,1H3,(H,30,34,37)(H,31,32,33). The molecule has 3 N–H and O–H groups in total. The molecule has 2 aliphatic heterocycles. The maximum atomic E-state index is 15.3. The fraction of sp³-hybridized carbons (Fsp3) is 0.308. The second kappa shape index (κ2) is 9.46. The quantitative estimate of drug-likeness (QED) is 0.340. The third-order valence-electron chi connectivity index (χ3n) is 7.18. The van der Waals surface area contributed by atoms with Gasteiger partial charge in [-0.3, -0.25) is 9.36 Å². The molecule has 0 bridgehead atoms. The van der Waals surface area contributed by atoms with Crippen LogP contribution in [0.15, 0.2) is 41.2 Å². The number of nitrogens with zero attached hydrogens (tertiary/aromatic N) is 5. The van der Waals surface area contributed by atoms with Crippen molar-refractivity contribution in [3.8, 4) is 11.3 Å². The van der Waals surface area contributed by atoms with E-state index in [1.807, 2.05) is 7.05 Å². The van der Waals surface area contributed by atoms with Gasteiger partial charge in [0.2, 0.25) is 11.9 Å². The van der Waals surface area contributed by atoms with Gasteiger partial charge in [-0.05, 0) is 44.2 Å². The van der Waals surface area contributed by atoms with Crippen LogP contribution in [-0.4, -0.2) is 56.2 Å². The van der Waals surface area contributed by atoms with Gasteiger partial charge in [-0.1, -0.05) is 35.3 Å². The predicted octanol–water partition coefficient (Wildman–Crippen LogP) is 4.38. The first kappa shape index (κ1) is 25.0. The SMILES string of the molecule is CN1CCC(O)(c2ccc(Nc3nc(-c4c(Cl)cccc4Cl)c4c(=O)nc5n(c4n3)CCN5)cc2F)CC1. The fourth-order valence-electron chi connectivity index (χ4n) is 5.10. The van der Waals surface area contributed by atoms with Crippen LogP contribution in [0.5, 0.6) is 0 Å². The van der Waals surface area contributed by atoms with Gasteiger partial charge in [0.1, 0.15) is 11.2 Å². The highest BCUT2D eigenvalue weighted by Gasteiger charge is 2.35. The van der Waals surface area contributed by atoms with Gasteiger partial charge in [-0.2, -0.15) is 9.97 Å². The van der Waals surface area contributed by atoms with Gasteiger partial charge in [0.05, 0.1) is 21.3 Å². The maximum absolute atomic E-state index is 15.3. The zero-order chi connectivity index (χ0) is 26.6. The number of aromatic nitrogens is 4. The molecule has 4 heterocycles. The third-order valence-corrected chi connectivity index (χ3v) is 7.81. The third kappa shape index (κ3) is 4.27. The normalized spacial score (nSPS) is 16.9. The lowest BCUT2D eigenvalue weighted by Gasteiger charge is -2.37. The highest BCUT2D eigenvalue weighted by molar-refractivity contribution is 6.39. The van der Waals surface area contributed by atoms with Crippen LogP contribution >= 0.6 is 23.2 Å². The summed E-state index contributed by atoms with van der Waals surface area (Å²) in [4.78, 5) is 28.5. The Hall–Kier alpha value is -3.31. The molecular formula is C26H24Cl2FN7O2. The summed E-state index contributed by atoms with van der Waals surface area (Å²) in [5.41, 5.74) is -0.126. The molecule has 2 aliphatic rings. The lowest BCUT2D eigenvalue weighted by atomic mass is 9.84. The van der Waals surface area contributed by atoms with E-state index in [2.05, 4.69) is 30.5 Å². The number of benzene rings is 2. The molecule has 0 saturated carbocycles. The second-order valence-electron chi connectivity index (χ2n) is 9.66. The maximum Gasteiger partial charge on any atom is 0.286 e. The van der Waals surface area contributed by atoms with Gasteiger partial charge in [0.25, 0.3) is 5.56 Å². The van der Waals surface area contributed by atoms with Crippen LogP contribution in [0.2, 0.25) is 10.0 Å². The van der Waals surface area contributed by atoms with E-state index in [1.165, 1.54) is 6.07 Å². The minimum atomic E-state index is -1.22. The van der Waals surface area contributed by atoms with Crippen LogP contribution in [0.1, 0.15) is 18.4 Å². The Labute approximate surface area is 227 Å². The fourth-order valence-corrected chi connectivity index (χ4v) is 5.67. The van der Waals surface area contributed by atoms with Gasteiger partial charge in [-0.25, -0.2) is 9.37 Å². The molecule has 0 aliphatic carbocycles. The van der Waals surface area contributed by atoms with E-state index < -0.39 is 17.0 Å². The molecule has 0 spiro atoms. The molecule has 6 rings (SSSR count). The summed E-state index contributed by atoms with van der Waals surface area (Å²) in [6.45, 7) is 2.50. The first-order valence-electron chi connectivity index (χ1n) is 12.2. The van der Waals surface area contributed by atoms with Gasteiger partial charge >= 0.3 is 0 Å². The topological polar surface area (TPSA) is 108 Å². The number of rotatable bonds is 4. The monoisotopic (exact) mass is 555 g/mol. The van der Waals surface area contributed by atoms with E-state index in [1.54, 1.807) is 34.9 Å². The molecule has 1 saturated heterocycles. The molecule has 196 valence electrons. The van der Waals surface area contributed by atoms with Gasteiger partial charge in [0.15, 0.2) is 5.65 Å². The summed E-state index contributed by atoms with van der Waals surface area (Å²) in [5.74, 6) is 0.00804. The van der Waals surface area contributed by atoms with Crippen LogP contribution < -0.4 is 16.2 Å². The number of halogens is 3. The van der Waals surface area contributed by atoms with Crippen molar-refractivity contribution < 1.29 is 9.50 Å². The van der Waals surface area contributed by atoms with Crippen molar-refractivity contribution >= 4 is 51.8 Å². The van der Waals surface area contributed by atoms with Gasteiger partial charge in [-0.15, -0.1) is 0 Å². The van der Waals surface area contributed by atoms with Crippen LogP contribution in [0, 0.1) is 5.82 Å². The van der Waals surface area contributed by atoms with Crippen LogP contribution in [0.4, 0.5) is 22.0 Å². The molecule has 1 fully saturated rings. The first-order valence-corrected chi connectivity index (χ1v) is 13.0. The van der Waals surface area contributed by atoms with E-state index in [4.69, 9.17) is 23.2 Å². The number of piperidine rings is 1. The van der Waals surface area contributed by atoms with Crippen molar-refractivity contribution in [2.75, 3.05) is 37.3 Å². The Morgan fingerprint density at radius 3 is 2.53 bits per heavy atom. The molecule has 4 aromatic rings. The van der Waals surface area contributed by atoms with Crippen molar-refractivity contribution in [1.82, 2.24) is 24.4 Å². The number of aliphatic hydroxyl groups is 1. The summed E-state index contributed by atoms with van der Waals surface area (Å²) >= 11 is 13.0. The number of hydrogen-bond donors (Lipinski definition) is 3. The van der Waals surface area contributed by atoms with E-state index in [0.29, 0.717) is 71.9 Å². The molecule has 0 amide bonds. The summed E-state index contributed by atoms with van der Waals surface area (Å²) in [6, 6.07) is 9.59. The van der Waals surface area contributed by atoms with Crippen molar-refractivity contribution in [3.63, 3.8) is 0 Å². The summed E-state index contributed by atoms with van der Waals surface area (Å²) in [5, 5.41) is 18.0. The Kier molecular flexibility index (Phi) is 6.22. The smallest absolute Gasteiger partial charge is 0.286 e. The lowest BCUT2D eigenvalue weighted by Crippen LogP contribution is -2.41. The number of likely N-dealkylation sites (tertiary alicyclic amines) is 1. The zero-order valence-corrected chi connectivity index (χ0v) is 21.9. The van der Waals surface area contributed by atoms with Crippen molar-refractivity contribution in [2.45, 2.75) is 25.0 Å². The second-order valence-corrected chi connectivity index (χ2v) is 10.5. The highest BCUT2D eigenvalue weighted by atomic mass is 35.5. The van der Waals surface area contributed by atoms with Crippen LogP contribution in [0.25, 0.3) is 22.3 Å². The molecule has 0 radical (unpaired) electrons. The molecule has 0 unspecified atom stereocenters. The van der Waals surface area contributed by atoms with Crippen LogP contribution in [-0.2, 0) is 12.1 Å². The van der Waals surface area contributed by atoms with E-state index in [0.717, 1.165) is 0 Å². The largest absolute Gasteiger partial charge is 0.385 e. The summed E-state index contributed by atoms with van der Waals surface area (Å²) < 4.78 is 17.1. The van der Waals surface area contributed by atoms with E-state index in [9.17, 15) is 9.90 Å². The van der Waals surface area contributed by atoms with Crippen LogP contribution in [0.3, 0.4) is 0 Å². The average molecular weight is 556 g/mol. The number of anilines is 3. The average Bonchev–Trinajstić information content (AvgIpc) is 3.34. The molecular weight excluding hydrogens is 532 g/mol. The lowest BCUT2D eigenvalue weighted by molar-refractivity contribution is -0.0229. The first-order chi connectivity index (χ1) is 18.2. The number of hydrogen-bond acceptors (Lipinski definition) is 8. The zero-order valence-electron chi connectivity index (χ0n) is 20.4. The number of nitrogens with one attached hydrogen (secondary N) is 2. The molecule has 9 nitrogen and oxygen atoms in total. The van der Waals surface area contributed by atoms with Gasteiger partial charge < -0.3 is 20.6 Å². The van der Waals surface area contributed by atoms with E-state index in [-0.39, 0.29) is 22.6 Å². The Balaban J connectivity index is 1.46. The predicted molar refractivity (Wildman–Crippen MR) is 146 cm³/mol. The molecule has 2 aromatic heterocycles. The minimum Gasteiger partial charge on any atom is -0.385 e. The van der Waals surface area contributed by atoms with Crippen molar-refractivity contribution in [2.24, 2.45) is 0 Å². The highest BCUT2D eigenvalue weighted by Crippen LogP contribution is 2.38. The Bertz CT molecular complexity index is 1620. The summed E-state index contributed by atoms with van der Waals surface area (Å²) in [6.07, 6.45) is 0.899. The van der Waals surface area contributed by atoms with Crippen molar-refractivity contribution in [3.05, 3.63) is 68.2 Å². The number of fused-ring (bicyclic) bond motifs is 3. The van der Waals surface area contributed by atoms with Gasteiger partial charge in [0, 0.05) is 43.0 Å². The summed E-state index contributed by atoms with van der Waals surface area (Å²) in [7, 11) is 1.98. The molecule has 38 heavy (non-hydrogen) atoms. The molecule has 0 atom stereocenters. The molecule has 12 heteroatoms. The minimum absolute atomic E-state index is 0.126. The van der Waals surface area contributed by atoms with Crippen molar-refractivity contribution in [1.29, 1.82) is 0 Å². The molecule has 2 aromatic carbocycles. The Morgan fingerprint density at radius 1 is 1.08 bits per heavy atom. The Morgan fingerprint density at radius 2 is 1.82 bits per heavy atom. The van der Waals surface area contributed by atoms with E-state index >= 15 is 4.39 Å².